The third-order valence-corrected chi connectivity index (χ3v) is 18.8. The van der Waals surface area contributed by atoms with Crippen molar-refractivity contribution in [1.82, 2.24) is 0 Å². The summed E-state index contributed by atoms with van der Waals surface area (Å²) in [5.74, 6) is 0. The van der Waals surface area contributed by atoms with Gasteiger partial charge in [0.2, 0.25) is 0 Å². The molecule has 0 saturated carbocycles. The van der Waals surface area contributed by atoms with Crippen molar-refractivity contribution in [3.63, 3.8) is 0 Å². The summed E-state index contributed by atoms with van der Waals surface area (Å²) >= 11 is -2.31. The summed E-state index contributed by atoms with van der Waals surface area (Å²) in [5.41, 5.74) is 10.2. The molecule has 3 aromatic carbocycles. The molecule has 1 aliphatic carbocycles. The molecule has 0 heterocycles. The second-order valence-corrected chi connectivity index (χ2v) is 24.4. The molecule has 0 bridgehead atoms. The Morgan fingerprint density at radius 2 is 1.19 bits per heavy atom. The van der Waals surface area contributed by atoms with E-state index in [4.69, 9.17) is 0 Å². The van der Waals surface area contributed by atoms with Crippen molar-refractivity contribution in [2.45, 2.75) is 76.1 Å². The molecule has 1 aliphatic rings. The van der Waals surface area contributed by atoms with Gasteiger partial charge in [0.25, 0.3) is 0 Å². The van der Waals surface area contributed by atoms with Gasteiger partial charge < -0.3 is 0 Å². The zero-order valence-electron chi connectivity index (χ0n) is 24.4. The van der Waals surface area contributed by atoms with Crippen molar-refractivity contribution >= 4 is 23.6 Å². The Morgan fingerprint density at radius 3 is 1.72 bits per heavy atom. The summed E-state index contributed by atoms with van der Waals surface area (Å²) in [6.45, 7) is 19.0. The molecule has 2 heteroatoms. The third-order valence-electron chi connectivity index (χ3n) is 8.90. The predicted octanol–water partition coefficient (Wildman–Crippen LogP) is 8.07. The molecule has 36 heavy (non-hydrogen) atoms. The van der Waals surface area contributed by atoms with Crippen LogP contribution in [0.1, 0.15) is 49.9 Å². The van der Waals surface area contributed by atoms with Crippen LogP contribution >= 0.6 is 0 Å². The van der Waals surface area contributed by atoms with Crippen LogP contribution in [0.4, 0.5) is 0 Å². The molecule has 0 aromatic heterocycles. The molecular weight excluding hydrogens is 484 g/mol. The second-order valence-electron chi connectivity index (χ2n) is 12.4. The van der Waals surface area contributed by atoms with Crippen molar-refractivity contribution in [3.05, 3.63) is 110 Å². The Kier molecular flexibility index (Phi) is 7.10. The number of aryl methyl sites for hydroxylation is 4. The number of hydrogen-bond acceptors (Lipinski definition) is 0. The summed E-state index contributed by atoms with van der Waals surface area (Å²) < 4.78 is 1.80. The molecule has 3 aromatic rings. The van der Waals surface area contributed by atoms with E-state index < -0.39 is 24.7 Å². The van der Waals surface area contributed by atoms with E-state index in [0.29, 0.717) is 0 Å². The molecule has 0 aliphatic heterocycles. The van der Waals surface area contributed by atoms with E-state index in [0.717, 1.165) is 0 Å². The van der Waals surface area contributed by atoms with Crippen LogP contribution in [0.25, 0.3) is 0 Å². The van der Waals surface area contributed by atoms with Crippen LogP contribution < -0.4 is 15.6 Å². The van der Waals surface area contributed by atoms with Gasteiger partial charge in [-0.1, -0.05) is 0 Å². The predicted molar refractivity (Wildman–Crippen MR) is 160 cm³/mol. The molecule has 0 nitrogen and oxygen atoms in total. The van der Waals surface area contributed by atoms with Crippen LogP contribution in [-0.4, -0.2) is 8.07 Å². The minimum absolute atomic E-state index is 0.0268. The molecular formula is C34H44SiTi. The standard InChI is InChI=1S/C31H35Si.3CH3.Ti/c1-21-14-15-30(24(4)17-21)32(28-12-10-9-11-13-28,29-18-22(2)16-23(3)19-29)31(8)20-25(5)26(6)27(31)7;;;;/h9-19H,1-8H3;3*1H3;. The molecule has 0 spiro atoms. The Hall–Kier alpha value is -1.93. The number of benzene rings is 3. The third kappa shape index (κ3) is 3.99. The second kappa shape index (κ2) is 9.43. The Labute approximate surface area is 224 Å². The average molecular weight is 529 g/mol. The molecule has 2 unspecified atom stereocenters. The topological polar surface area (TPSA) is 0 Å². The van der Waals surface area contributed by atoms with Crippen LogP contribution in [0.2, 0.25) is 20.7 Å². The van der Waals surface area contributed by atoms with Crippen LogP contribution in [0.5, 0.6) is 0 Å². The molecule has 0 N–H and O–H groups in total. The fourth-order valence-electron chi connectivity index (χ4n) is 7.63. The first-order valence-electron chi connectivity index (χ1n) is 13.4. The maximum atomic E-state index is 2.64. The Morgan fingerprint density at radius 1 is 0.611 bits per heavy atom. The van der Waals surface area contributed by atoms with E-state index in [-0.39, 0.29) is 5.04 Å². The minimum atomic E-state index is -2.63. The molecule has 0 amide bonds. The monoisotopic (exact) mass is 528 g/mol. The summed E-state index contributed by atoms with van der Waals surface area (Å²) in [5, 5.41) is 12.4. The number of hydrogen-bond donors (Lipinski definition) is 0. The molecule has 188 valence electrons. The van der Waals surface area contributed by atoms with E-state index in [1.807, 2.05) is 0 Å². The summed E-state index contributed by atoms with van der Waals surface area (Å²) in [7, 11) is -2.63. The SMILES string of the molecule is CC1=C(C)C(C)([Si](c2ccccc2)(c2cc(C)cc(C)c2)c2ccc(C)cc2C)[C]([Ti]([CH3])([CH3])[CH3])=C1C. The van der Waals surface area contributed by atoms with Gasteiger partial charge in [0.05, 0.1) is 0 Å². The molecule has 0 fully saturated rings. The Balaban J connectivity index is 2.35. The summed E-state index contributed by atoms with van der Waals surface area (Å²) in [6.07, 6.45) is 0. The molecule has 0 saturated heterocycles. The maximum absolute atomic E-state index is 2.64. The Bertz CT molecular complexity index is 1370. The fourth-order valence-corrected chi connectivity index (χ4v) is 21.3. The van der Waals surface area contributed by atoms with Gasteiger partial charge in [0.15, 0.2) is 0 Å². The van der Waals surface area contributed by atoms with Gasteiger partial charge in [-0.05, 0) is 0 Å². The van der Waals surface area contributed by atoms with Crippen LogP contribution in [0.3, 0.4) is 0 Å². The van der Waals surface area contributed by atoms with Crippen molar-refractivity contribution in [1.29, 1.82) is 0 Å². The zero-order valence-corrected chi connectivity index (χ0v) is 26.9. The van der Waals surface area contributed by atoms with Gasteiger partial charge in [-0.25, -0.2) is 0 Å². The van der Waals surface area contributed by atoms with E-state index >= 15 is 0 Å². The quantitative estimate of drug-likeness (QED) is 0.232. The molecule has 2 atom stereocenters. The first-order valence-corrected chi connectivity index (χ1v) is 20.8. The fraction of sp³-hybridized carbons (Fsp3) is 0.353. The van der Waals surface area contributed by atoms with E-state index in [2.05, 4.69) is 138 Å². The summed E-state index contributed by atoms with van der Waals surface area (Å²) in [4.78, 5) is 0. The van der Waals surface area contributed by atoms with Gasteiger partial charge in [0.1, 0.15) is 0 Å². The van der Waals surface area contributed by atoms with Crippen LogP contribution in [0.15, 0.2) is 87.3 Å². The van der Waals surface area contributed by atoms with Gasteiger partial charge >= 0.3 is 226 Å². The normalized spacial score (nSPS) is 20.2. The van der Waals surface area contributed by atoms with Crippen molar-refractivity contribution < 1.29 is 16.6 Å². The van der Waals surface area contributed by atoms with Gasteiger partial charge in [-0.15, -0.1) is 0 Å². The number of rotatable bonds is 5. The van der Waals surface area contributed by atoms with Crippen molar-refractivity contribution in [3.8, 4) is 0 Å². The van der Waals surface area contributed by atoms with E-state index in [1.54, 1.807) is 25.4 Å². The average Bonchev–Trinajstić information content (AvgIpc) is 2.96. The number of allylic oxidation sites excluding steroid dienone is 4. The first kappa shape index (κ1) is 27.1. The molecule has 4 rings (SSSR count). The van der Waals surface area contributed by atoms with Crippen LogP contribution in [-0.2, 0) is 16.6 Å². The van der Waals surface area contributed by atoms with Crippen LogP contribution in [0, 0.1) is 27.7 Å². The van der Waals surface area contributed by atoms with Crippen molar-refractivity contribution in [2.24, 2.45) is 0 Å². The van der Waals surface area contributed by atoms with Gasteiger partial charge in [-0.3, -0.25) is 0 Å². The first-order chi connectivity index (χ1) is 16.8. The van der Waals surface area contributed by atoms with Gasteiger partial charge in [0, 0.05) is 0 Å². The van der Waals surface area contributed by atoms with Gasteiger partial charge in [-0.2, -0.15) is 0 Å². The van der Waals surface area contributed by atoms with Crippen molar-refractivity contribution in [2.75, 3.05) is 0 Å². The molecule has 0 radical (unpaired) electrons. The zero-order chi connectivity index (χ0) is 26.6. The summed E-state index contributed by atoms with van der Waals surface area (Å²) in [6, 6.07) is 26.3. The van der Waals surface area contributed by atoms with E-state index in [1.165, 1.54) is 33.0 Å². The van der Waals surface area contributed by atoms with E-state index in [9.17, 15) is 0 Å².